The highest BCUT2D eigenvalue weighted by molar-refractivity contribution is 5.78. The monoisotopic (exact) mass is 318 g/mol. The Morgan fingerprint density at radius 2 is 2.00 bits per heavy atom. The van der Waals surface area contributed by atoms with E-state index in [4.69, 9.17) is 4.74 Å². The third kappa shape index (κ3) is 5.91. The normalized spacial score (nSPS) is 14.7. The molecular formula is C18H28N3O2+. The maximum absolute atomic E-state index is 12.2. The van der Waals surface area contributed by atoms with Gasteiger partial charge >= 0.3 is 0 Å². The summed E-state index contributed by atoms with van der Waals surface area (Å²) in [7, 11) is 1.97. The molecule has 5 nitrogen and oxygen atoms in total. The van der Waals surface area contributed by atoms with Gasteiger partial charge in [0.05, 0.1) is 19.7 Å². The lowest BCUT2D eigenvalue weighted by atomic mass is 9.90. The second-order valence-electron chi connectivity index (χ2n) is 6.40. The zero-order valence-electron chi connectivity index (χ0n) is 14.8. The first-order chi connectivity index (χ1) is 10.8. The van der Waals surface area contributed by atoms with Crippen LogP contribution in [0.25, 0.3) is 0 Å². The highest BCUT2D eigenvalue weighted by Crippen LogP contribution is 2.14. The third-order valence-electron chi connectivity index (χ3n) is 3.99. The minimum Gasteiger partial charge on any atom is -0.494 e. The summed E-state index contributed by atoms with van der Waals surface area (Å²) < 4.78 is 5.42. The first-order valence-corrected chi connectivity index (χ1v) is 8.06. The van der Waals surface area contributed by atoms with Crippen molar-refractivity contribution in [3.63, 3.8) is 0 Å². The van der Waals surface area contributed by atoms with Gasteiger partial charge in [-0.15, -0.1) is 0 Å². The van der Waals surface area contributed by atoms with Crippen LogP contribution in [0.2, 0.25) is 0 Å². The number of nitrogens with zero attached hydrogens (tertiary/aromatic N) is 1. The molecule has 2 N–H and O–H groups in total. The van der Waals surface area contributed by atoms with Gasteiger partial charge in [0.1, 0.15) is 17.8 Å². The molecule has 2 atom stereocenters. The molecule has 0 fully saturated rings. The van der Waals surface area contributed by atoms with Crippen LogP contribution >= 0.6 is 0 Å². The van der Waals surface area contributed by atoms with Crippen LogP contribution in [0.15, 0.2) is 24.3 Å². The summed E-state index contributed by atoms with van der Waals surface area (Å²) in [4.78, 5) is 13.2. The molecule has 1 unspecified atom stereocenters. The number of hydrogen-bond donors (Lipinski definition) is 2. The molecule has 0 aliphatic carbocycles. The molecule has 0 saturated heterocycles. The molecule has 1 aromatic rings. The summed E-state index contributed by atoms with van der Waals surface area (Å²) in [6.45, 7) is 9.30. The quantitative estimate of drug-likeness (QED) is 0.756. The van der Waals surface area contributed by atoms with Crippen molar-refractivity contribution in [3.8, 4) is 11.8 Å². The van der Waals surface area contributed by atoms with Crippen molar-refractivity contribution >= 4 is 5.91 Å². The molecule has 23 heavy (non-hydrogen) atoms. The Bertz CT molecular complexity index is 548. The molecule has 0 heterocycles. The van der Waals surface area contributed by atoms with Crippen molar-refractivity contribution < 1.29 is 14.4 Å². The van der Waals surface area contributed by atoms with Crippen LogP contribution in [-0.2, 0) is 11.3 Å². The van der Waals surface area contributed by atoms with Crippen LogP contribution in [0.5, 0.6) is 5.75 Å². The average Bonchev–Trinajstić information content (AvgIpc) is 2.48. The van der Waals surface area contributed by atoms with Crippen molar-refractivity contribution in [2.75, 3.05) is 20.2 Å². The van der Waals surface area contributed by atoms with E-state index in [2.05, 4.69) is 11.4 Å². The van der Waals surface area contributed by atoms with Crippen molar-refractivity contribution in [2.24, 2.45) is 5.92 Å². The lowest BCUT2D eigenvalue weighted by Gasteiger charge is -2.27. The van der Waals surface area contributed by atoms with E-state index in [1.54, 1.807) is 6.92 Å². The van der Waals surface area contributed by atoms with Crippen LogP contribution < -0.4 is 15.0 Å². The van der Waals surface area contributed by atoms with E-state index >= 15 is 0 Å². The molecule has 0 aliphatic heterocycles. The Kier molecular flexibility index (Phi) is 7.05. The van der Waals surface area contributed by atoms with E-state index in [1.165, 1.54) is 0 Å². The second-order valence-corrected chi connectivity index (χ2v) is 6.40. The van der Waals surface area contributed by atoms with Crippen molar-refractivity contribution in [2.45, 2.75) is 39.8 Å². The Morgan fingerprint density at radius 1 is 1.39 bits per heavy atom. The maximum atomic E-state index is 12.2. The second kappa shape index (κ2) is 8.54. The maximum Gasteiger partial charge on any atom is 0.276 e. The van der Waals surface area contributed by atoms with E-state index in [-0.39, 0.29) is 11.8 Å². The molecular weight excluding hydrogens is 290 g/mol. The first-order valence-electron chi connectivity index (χ1n) is 8.06. The molecule has 1 aromatic carbocycles. The smallest absolute Gasteiger partial charge is 0.276 e. The summed E-state index contributed by atoms with van der Waals surface area (Å²) in [5.41, 5.74) is 0.321. The summed E-state index contributed by atoms with van der Waals surface area (Å²) >= 11 is 0. The number of quaternary nitrogens is 1. The predicted octanol–water partition coefficient (Wildman–Crippen LogP) is 1.15. The van der Waals surface area contributed by atoms with E-state index in [0.717, 1.165) is 22.8 Å². The fraction of sp³-hybridized carbons (Fsp3) is 0.556. The van der Waals surface area contributed by atoms with Crippen LogP contribution in [0.3, 0.4) is 0 Å². The molecule has 0 aromatic heterocycles. The number of amides is 1. The van der Waals surface area contributed by atoms with Gasteiger partial charge in [-0.1, -0.05) is 13.8 Å². The number of carbonyl (C=O) groups is 1. The van der Waals surface area contributed by atoms with E-state index in [9.17, 15) is 10.1 Å². The minimum atomic E-state index is -0.823. The molecule has 0 saturated carbocycles. The van der Waals surface area contributed by atoms with Crippen LogP contribution in [-0.4, -0.2) is 31.6 Å². The molecule has 5 heteroatoms. The number of nitriles is 1. The molecule has 126 valence electrons. The van der Waals surface area contributed by atoms with Crippen LogP contribution in [0.4, 0.5) is 0 Å². The fourth-order valence-electron chi connectivity index (χ4n) is 2.19. The lowest BCUT2D eigenvalue weighted by molar-refractivity contribution is -0.885. The van der Waals surface area contributed by atoms with Gasteiger partial charge in [-0.05, 0) is 44.0 Å². The number of hydrogen-bond acceptors (Lipinski definition) is 3. The van der Waals surface area contributed by atoms with Gasteiger partial charge in [-0.25, -0.2) is 0 Å². The van der Waals surface area contributed by atoms with Gasteiger partial charge in [-0.2, -0.15) is 5.26 Å². The zero-order valence-corrected chi connectivity index (χ0v) is 14.8. The fourth-order valence-corrected chi connectivity index (χ4v) is 2.19. The van der Waals surface area contributed by atoms with Crippen molar-refractivity contribution in [1.29, 1.82) is 5.26 Å². The summed E-state index contributed by atoms with van der Waals surface area (Å²) in [6.07, 6.45) is 0. The highest BCUT2D eigenvalue weighted by atomic mass is 16.5. The molecule has 0 bridgehead atoms. The summed E-state index contributed by atoms with van der Waals surface area (Å²) in [6, 6.07) is 10.1. The minimum absolute atomic E-state index is 0.0582. The molecule has 0 spiro atoms. The van der Waals surface area contributed by atoms with E-state index < -0.39 is 5.54 Å². The Balaban J connectivity index is 2.54. The van der Waals surface area contributed by atoms with Gasteiger partial charge in [-0.3, -0.25) is 4.79 Å². The number of carbonyl (C=O) groups excluding carboxylic acids is 1. The van der Waals surface area contributed by atoms with Crippen molar-refractivity contribution in [3.05, 3.63) is 29.8 Å². The zero-order chi connectivity index (χ0) is 17.5. The van der Waals surface area contributed by atoms with Gasteiger partial charge in [0.2, 0.25) is 0 Å². The van der Waals surface area contributed by atoms with E-state index in [0.29, 0.717) is 13.2 Å². The number of likely N-dealkylation sites (N-methyl/N-ethyl adjacent to an activating group) is 1. The SMILES string of the molecule is CCOc1ccc(C[NH+](C)CC(=O)N[C@](C)(C#N)C(C)C)cc1. The molecule has 0 aliphatic rings. The summed E-state index contributed by atoms with van der Waals surface area (Å²) in [5, 5.41) is 12.1. The first kappa shape index (κ1) is 19.0. The number of benzene rings is 1. The van der Waals surface area contributed by atoms with Gasteiger partial charge in [0.25, 0.3) is 5.91 Å². The average molecular weight is 318 g/mol. The number of nitrogens with one attached hydrogen (secondary N) is 2. The third-order valence-corrected chi connectivity index (χ3v) is 3.99. The number of rotatable bonds is 8. The standard InChI is InChI=1S/C18H27N3O2/c1-6-23-16-9-7-15(8-10-16)11-21(5)12-17(22)20-18(4,13-19)14(2)3/h7-10,14H,6,11-12H2,1-5H3,(H,20,22)/p+1/t18-/m1/s1. The molecule has 1 amide bonds. The number of ether oxygens (including phenoxy) is 1. The Morgan fingerprint density at radius 3 is 2.48 bits per heavy atom. The van der Waals surface area contributed by atoms with Crippen LogP contribution in [0.1, 0.15) is 33.3 Å². The topological polar surface area (TPSA) is 66.6 Å². The van der Waals surface area contributed by atoms with E-state index in [1.807, 2.05) is 52.1 Å². The molecule has 1 rings (SSSR count). The van der Waals surface area contributed by atoms with Gasteiger partial charge < -0.3 is 15.0 Å². The van der Waals surface area contributed by atoms with Crippen molar-refractivity contribution in [1.82, 2.24) is 5.32 Å². The predicted molar refractivity (Wildman–Crippen MR) is 90.1 cm³/mol. The largest absolute Gasteiger partial charge is 0.494 e. The lowest BCUT2D eigenvalue weighted by Crippen LogP contribution is -3.09. The highest BCUT2D eigenvalue weighted by Gasteiger charge is 2.30. The Hall–Kier alpha value is -2.06. The summed E-state index contributed by atoms with van der Waals surface area (Å²) in [5.74, 6) is 0.808. The van der Waals surface area contributed by atoms with Crippen LogP contribution in [0, 0.1) is 17.2 Å². The van der Waals surface area contributed by atoms with Gasteiger partial charge in [0, 0.05) is 5.56 Å². The molecule has 0 radical (unpaired) electrons. The van der Waals surface area contributed by atoms with Gasteiger partial charge in [0.15, 0.2) is 6.54 Å². The Labute approximate surface area is 139 Å².